The van der Waals surface area contributed by atoms with Gasteiger partial charge in [0, 0.05) is 12.6 Å². The second kappa shape index (κ2) is 7.15. The molecule has 0 unspecified atom stereocenters. The van der Waals surface area contributed by atoms with Crippen LogP contribution in [-0.4, -0.2) is 55.9 Å². The van der Waals surface area contributed by atoms with Crippen molar-refractivity contribution in [3.63, 3.8) is 0 Å². The highest BCUT2D eigenvalue weighted by molar-refractivity contribution is 5.78. The highest BCUT2D eigenvalue weighted by atomic mass is 16.3. The molecule has 152 valence electrons. The minimum Gasteiger partial charge on any atom is -0.388 e. The van der Waals surface area contributed by atoms with Crippen LogP contribution in [0.5, 0.6) is 0 Å². The number of aliphatic hydroxyl groups excluding tert-OH is 2. The summed E-state index contributed by atoms with van der Waals surface area (Å²) in [7, 11) is 0. The lowest BCUT2D eigenvalue weighted by atomic mass is 9.79. The van der Waals surface area contributed by atoms with Crippen LogP contribution in [-0.2, 0) is 13.0 Å². The third-order valence-electron chi connectivity index (χ3n) is 7.27. The van der Waals surface area contributed by atoms with Crippen LogP contribution >= 0.6 is 0 Å². The maximum Gasteiger partial charge on any atom is 0.321 e. The summed E-state index contributed by atoms with van der Waals surface area (Å²) in [6.45, 7) is 0.431. The Morgan fingerprint density at radius 3 is 2.10 bits per heavy atom. The first kappa shape index (κ1) is 18.6. The molecule has 2 aromatic carbocycles. The van der Waals surface area contributed by atoms with Crippen molar-refractivity contribution >= 4 is 6.03 Å². The van der Waals surface area contributed by atoms with Gasteiger partial charge in [0.2, 0.25) is 0 Å². The largest absolute Gasteiger partial charge is 0.388 e. The molecule has 5 nitrogen and oxygen atoms in total. The van der Waals surface area contributed by atoms with Gasteiger partial charge in [-0.1, -0.05) is 60.7 Å². The van der Waals surface area contributed by atoms with Crippen LogP contribution in [0.1, 0.15) is 36.8 Å². The molecule has 0 spiro atoms. The summed E-state index contributed by atoms with van der Waals surface area (Å²) in [6.07, 6.45) is 2.00. The number of aliphatic hydroxyl groups is 2. The summed E-state index contributed by atoms with van der Waals surface area (Å²) in [6, 6.07) is 19.5. The highest BCUT2D eigenvalue weighted by Gasteiger charge is 2.63. The van der Waals surface area contributed by atoms with Crippen molar-refractivity contribution in [2.75, 3.05) is 0 Å². The van der Waals surface area contributed by atoms with Crippen molar-refractivity contribution in [3.8, 4) is 0 Å². The van der Waals surface area contributed by atoms with Crippen LogP contribution in [0.3, 0.4) is 0 Å². The van der Waals surface area contributed by atoms with Crippen LogP contribution in [0.2, 0.25) is 0 Å². The number of urea groups is 1. The number of nitrogens with zero attached hydrogens (tertiary/aromatic N) is 2. The van der Waals surface area contributed by atoms with E-state index >= 15 is 0 Å². The average molecular weight is 392 g/mol. The molecule has 2 amide bonds. The van der Waals surface area contributed by atoms with E-state index in [2.05, 4.69) is 0 Å². The van der Waals surface area contributed by atoms with E-state index in [-0.39, 0.29) is 12.1 Å². The van der Waals surface area contributed by atoms with Crippen molar-refractivity contribution < 1.29 is 15.0 Å². The first-order valence-electron chi connectivity index (χ1n) is 10.6. The molecule has 3 saturated heterocycles. The van der Waals surface area contributed by atoms with Crippen molar-refractivity contribution in [1.29, 1.82) is 0 Å². The number of amides is 2. The number of benzene rings is 2. The third-order valence-corrected chi connectivity index (χ3v) is 7.27. The number of carbonyl (C=O) groups excluding carboxylic acids is 1. The molecule has 3 aliphatic rings. The van der Waals surface area contributed by atoms with Gasteiger partial charge in [-0.25, -0.2) is 4.79 Å². The first-order valence-corrected chi connectivity index (χ1v) is 10.6. The van der Waals surface area contributed by atoms with Gasteiger partial charge in [0.25, 0.3) is 0 Å². The maximum absolute atomic E-state index is 13.8. The van der Waals surface area contributed by atoms with Crippen molar-refractivity contribution in [2.45, 2.75) is 68.5 Å². The lowest BCUT2D eigenvalue weighted by molar-refractivity contribution is -0.0670. The lowest BCUT2D eigenvalue weighted by Crippen LogP contribution is -2.55. The molecule has 0 aliphatic carbocycles. The van der Waals surface area contributed by atoms with E-state index < -0.39 is 23.8 Å². The summed E-state index contributed by atoms with van der Waals surface area (Å²) in [5, 5.41) is 22.6. The first-order chi connectivity index (χ1) is 14.1. The van der Waals surface area contributed by atoms with Gasteiger partial charge >= 0.3 is 6.03 Å². The van der Waals surface area contributed by atoms with Crippen LogP contribution in [0.4, 0.5) is 4.79 Å². The molecule has 29 heavy (non-hydrogen) atoms. The standard InChI is InChI=1S/C24H28N2O3/c27-21-20(15-17-7-3-1-4-8-17)25(16-18-9-5-2-6-10-18)23(29)26-19-11-13-24(26,14-12-19)22(21)28/h1-10,19-22,27-28H,11-16H2/t19?,20-,21+,22+,24?/m1/s1. The SMILES string of the molecule is O=C1N(Cc2ccccc2)[C@H](Cc2ccccc2)[C@H](O)[C@H](O)C23CCC(CC2)N13. The van der Waals surface area contributed by atoms with E-state index in [9.17, 15) is 15.0 Å². The minimum atomic E-state index is -0.982. The van der Waals surface area contributed by atoms with Gasteiger partial charge in [-0.05, 0) is 43.2 Å². The minimum absolute atomic E-state index is 0.0367. The summed E-state index contributed by atoms with van der Waals surface area (Å²) < 4.78 is 0. The molecule has 2 bridgehead atoms. The van der Waals surface area contributed by atoms with Crippen molar-refractivity contribution in [2.24, 2.45) is 0 Å². The van der Waals surface area contributed by atoms with Gasteiger partial charge in [-0.3, -0.25) is 0 Å². The van der Waals surface area contributed by atoms with E-state index in [4.69, 9.17) is 0 Å². The smallest absolute Gasteiger partial charge is 0.321 e. The Bertz CT molecular complexity index is 864. The number of hydrogen-bond acceptors (Lipinski definition) is 3. The molecule has 0 aromatic heterocycles. The van der Waals surface area contributed by atoms with Crippen molar-refractivity contribution in [1.82, 2.24) is 9.80 Å². The molecule has 3 fully saturated rings. The van der Waals surface area contributed by atoms with Gasteiger partial charge < -0.3 is 20.0 Å². The zero-order valence-electron chi connectivity index (χ0n) is 16.5. The second-order valence-corrected chi connectivity index (χ2v) is 8.79. The van der Waals surface area contributed by atoms with E-state index in [1.165, 1.54) is 0 Å². The van der Waals surface area contributed by atoms with Crippen LogP contribution in [0.15, 0.2) is 60.7 Å². The Kier molecular flexibility index (Phi) is 4.60. The molecule has 3 atom stereocenters. The molecule has 0 radical (unpaired) electrons. The van der Waals surface area contributed by atoms with Gasteiger partial charge in [0.1, 0.15) is 12.2 Å². The monoisotopic (exact) mass is 392 g/mol. The molecule has 2 N–H and O–H groups in total. The summed E-state index contributed by atoms with van der Waals surface area (Å²) >= 11 is 0. The molecule has 3 aliphatic heterocycles. The molecule has 0 saturated carbocycles. The normalized spacial score (nSPS) is 33.7. The summed E-state index contributed by atoms with van der Waals surface area (Å²) in [4.78, 5) is 17.5. The van der Waals surface area contributed by atoms with Crippen LogP contribution in [0.25, 0.3) is 0 Å². The summed E-state index contributed by atoms with van der Waals surface area (Å²) in [5.74, 6) is 0. The fourth-order valence-corrected chi connectivity index (χ4v) is 5.79. The number of hydrogen-bond donors (Lipinski definition) is 2. The predicted octanol–water partition coefficient (Wildman–Crippen LogP) is 2.95. The Hall–Kier alpha value is -2.37. The van der Waals surface area contributed by atoms with Gasteiger partial charge in [0.05, 0.1) is 11.6 Å². The van der Waals surface area contributed by atoms with Crippen molar-refractivity contribution in [3.05, 3.63) is 71.8 Å². The average Bonchev–Trinajstić information content (AvgIpc) is 3.31. The Morgan fingerprint density at radius 2 is 1.48 bits per heavy atom. The van der Waals surface area contributed by atoms with Gasteiger partial charge in [0.15, 0.2) is 0 Å². The molecular formula is C24H28N2O3. The molecular weight excluding hydrogens is 364 g/mol. The van der Waals surface area contributed by atoms with Crippen LogP contribution in [0, 0.1) is 0 Å². The Morgan fingerprint density at radius 1 is 0.897 bits per heavy atom. The summed E-state index contributed by atoms with van der Waals surface area (Å²) in [5.41, 5.74) is 1.48. The quantitative estimate of drug-likeness (QED) is 0.841. The van der Waals surface area contributed by atoms with E-state index in [0.29, 0.717) is 13.0 Å². The van der Waals surface area contributed by atoms with Gasteiger partial charge in [-0.15, -0.1) is 0 Å². The second-order valence-electron chi connectivity index (χ2n) is 8.79. The van der Waals surface area contributed by atoms with E-state index in [1.807, 2.05) is 70.5 Å². The molecule has 3 heterocycles. The molecule has 2 aromatic rings. The topological polar surface area (TPSA) is 64.0 Å². The fraction of sp³-hybridized carbons (Fsp3) is 0.458. The predicted molar refractivity (Wildman–Crippen MR) is 110 cm³/mol. The molecule has 5 heteroatoms. The third kappa shape index (κ3) is 2.95. The maximum atomic E-state index is 13.8. The Balaban J connectivity index is 1.55. The van der Waals surface area contributed by atoms with Gasteiger partial charge in [-0.2, -0.15) is 0 Å². The highest BCUT2D eigenvalue weighted by Crippen LogP contribution is 2.51. The van der Waals surface area contributed by atoms with E-state index in [1.54, 1.807) is 0 Å². The fourth-order valence-electron chi connectivity index (χ4n) is 5.79. The van der Waals surface area contributed by atoms with Crippen LogP contribution < -0.4 is 0 Å². The zero-order valence-corrected chi connectivity index (χ0v) is 16.5. The zero-order chi connectivity index (χ0) is 20.0. The van der Waals surface area contributed by atoms with E-state index in [0.717, 1.165) is 36.8 Å². The number of rotatable bonds is 4. The number of carbonyl (C=O) groups is 1. The molecule has 5 rings (SSSR count). The Labute approximate surface area is 171 Å². The lowest BCUT2D eigenvalue weighted by Gasteiger charge is -2.38.